The number of carbonyl (C=O) groups excluding carboxylic acids is 1. The number of hydrogen-bond acceptors (Lipinski definition) is 6. The standard InChI is InChI=1S/C23H27N7O2/c1-23(2,3)32-22(31)30-10-4-5-14(12-30)21-27-18-15-7-6-13(16-8-9-25-29-16)11-17(15)26-20(24)19(18)28-21/h6-9,11,14H,4-5,10,12H2,1-3H3,(H2,24,26)(H,25,29)(H,27,28)/t14-/m0/s1. The second-order valence-corrected chi connectivity index (χ2v) is 9.31. The minimum absolute atomic E-state index is 0.0855. The van der Waals surface area contributed by atoms with Crippen molar-refractivity contribution in [2.75, 3.05) is 18.8 Å². The Labute approximate surface area is 185 Å². The van der Waals surface area contributed by atoms with Gasteiger partial charge in [-0.25, -0.2) is 14.8 Å². The van der Waals surface area contributed by atoms with Crippen LogP contribution < -0.4 is 5.73 Å². The summed E-state index contributed by atoms with van der Waals surface area (Å²) in [4.78, 5) is 27.2. The first-order valence-electron chi connectivity index (χ1n) is 10.8. The molecule has 1 amide bonds. The number of rotatable bonds is 2. The molecule has 0 spiro atoms. The molecular formula is C23H27N7O2. The highest BCUT2D eigenvalue weighted by Crippen LogP contribution is 2.33. The van der Waals surface area contributed by atoms with E-state index in [1.54, 1.807) is 11.1 Å². The number of piperidine rings is 1. The number of benzene rings is 1. The molecular weight excluding hydrogens is 406 g/mol. The van der Waals surface area contributed by atoms with Gasteiger partial charge < -0.3 is 20.4 Å². The summed E-state index contributed by atoms with van der Waals surface area (Å²) >= 11 is 0. The molecule has 0 radical (unpaired) electrons. The van der Waals surface area contributed by atoms with E-state index >= 15 is 0 Å². The van der Waals surface area contributed by atoms with Crippen molar-refractivity contribution in [3.05, 3.63) is 36.3 Å². The van der Waals surface area contributed by atoms with Crippen molar-refractivity contribution in [3.8, 4) is 11.3 Å². The fraction of sp³-hybridized carbons (Fsp3) is 0.391. The summed E-state index contributed by atoms with van der Waals surface area (Å²) in [5.41, 5.74) is 9.98. The molecule has 1 fully saturated rings. The van der Waals surface area contributed by atoms with E-state index in [9.17, 15) is 4.79 Å². The molecule has 0 saturated carbocycles. The number of nitrogens with two attached hydrogens (primary N) is 1. The van der Waals surface area contributed by atoms with Crippen LogP contribution in [0.1, 0.15) is 45.4 Å². The van der Waals surface area contributed by atoms with Gasteiger partial charge in [-0.3, -0.25) is 5.10 Å². The maximum atomic E-state index is 12.6. The summed E-state index contributed by atoms with van der Waals surface area (Å²) < 4.78 is 5.56. The molecule has 0 bridgehead atoms. The average Bonchev–Trinajstić information content (AvgIpc) is 3.43. The number of hydrogen-bond donors (Lipinski definition) is 3. The second kappa shape index (κ2) is 7.51. The molecule has 1 aliphatic rings. The number of nitrogens with one attached hydrogen (secondary N) is 2. The van der Waals surface area contributed by atoms with Gasteiger partial charge in [0.2, 0.25) is 0 Å². The van der Waals surface area contributed by atoms with Gasteiger partial charge in [0, 0.05) is 36.2 Å². The molecule has 0 unspecified atom stereocenters. The Balaban J connectivity index is 1.48. The maximum absolute atomic E-state index is 12.6. The zero-order valence-electron chi connectivity index (χ0n) is 18.5. The van der Waals surface area contributed by atoms with Gasteiger partial charge in [-0.15, -0.1) is 0 Å². The van der Waals surface area contributed by atoms with E-state index in [1.807, 2.05) is 45.0 Å². The van der Waals surface area contributed by atoms with Crippen LogP contribution in [-0.2, 0) is 4.74 Å². The Morgan fingerprint density at radius 3 is 2.84 bits per heavy atom. The first kappa shape index (κ1) is 20.3. The van der Waals surface area contributed by atoms with Crippen molar-refractivity contribution < 1.29 is 9.53 Å². The molecule has 32 heavy (non-hydrogen) atoms. The van der Waals surface area contributed by atoms with E-state index in [0.717, 1.165) is 51.9 Å². The van der Waals surface area contributed by atoms with Gasteiger partial charge in [0.05, 0.1) is 11.2 Å². The van der Waals surface area contributed by atoms with Crippen LogP contribution in [0.25, 0.3) is 33.2 Å². The third kappa shape index (κ3) is 3.74. The summed E-state index contributed by atoms with van der Waals surface area (Å²) in [6.45, 7) is 6.89. The molecule has 1 saturated heterocycles. The maximum Gasteiger partial charge on any atom is 0.410 e. The molecule has 4 N–H and O–H groups in total. The van der Waals surface area contributed by atoms with Crippen LogP contribution in [0.3, 0.4) is 0 Å². The number of likely N-dealkylation sites (tertiary alicyclic amines) is 1. The van der Waals surface area contributed by atoms with Crippen LogP contribution in [0, 0.1) is 0 Å². The molecule has 4 aromatic rings. The zero-order chi connectivity index (χ0) is 22.5. The van der Waals surface area contributed by atoms with Gasteiger partial charge in [-0.2, -0.15) is 5.10 Å². The van der Waals surface area contributed by atoms with Gasteiger partial charge in [-0.1, -0.05) is 6.07 Å². The lowest BCUT2D eigenvalue weighted by atomic mass is 9.98. The predicted octanol–water partition coefficient (Wildman–Crippen LogP) is 4.20. The van der Waals surface area contributed by atoms with Gasteiger partial charge in [-0.05, 0) is 51.8 Å². The summed E-state index contributed by atoms with van der Waals surface area (Å²) in [6.07, 6.45) is 3.27. The topological polar surface area (TPSA) is 126 Å². The Bertz CT molecular complexity index is 1290. The molecule has 1 aromatic carbocycles. The van der Waals surface area contributed by atoms with Gasteiger partial charge in [0.1, 0.15) is 28.3 Å². The lowest BCUT2D eigenvalue weighted by Gasteiger charge is -2.33. The number of nitrogen functional groups attached to an aromatic ring is 1. The number of carbonyl (C=O) groups is 1. The molecule has 0 aliphatic carbocycles. The van der Waals surface area contributed by atoms with Crippen molar-refractivity contribution in [1.82, 2.24) is 30.0 Å². The second-order valence-electron chi connectivity index (χ2n) is 9.31. The number of nitrogens with zero attached hydrogens (tertiary/aromatic N) is 4. The Kier molecular flexibility index (Phi) is 4.76. The van der Waals surface area contributed by atoms with Crippen molar-refractivity contribution in [2.45, 2.75) is 45.1 Å². The van der Waals surface area contributed by atoms with E-state index in [-0.39, 0.29) is 12.0 Å². The summed E-state index contributed by atoms with van der Waals surface area (Å²) in [7, 11) is 0. The molecule has 9 nitrogen and oxygen atoms in total. The number of anilines is 1. The highest BCUT2D eigenvalue weighted by Gasteiger charge is 2.30. The Morgan fingerprint density at radius 2 is 2.09 bits per heavy atom. The fourth-order valence-electron chi connectivity index (χ4n) is 4.25. The number of ether oxygens (including phenoxy) is 1. The molecule has 4 heterocycles. The summed E-state index contributed by atoms with van der Waals surface area (Å²) in [5.74, 6) is 1.32. The lowest BCUT2D eigenvalue weighted by Crippen LogP contribution is -2.42. The fourth-order valence-corrected chi connectivity index (χ4v) is 4.25. The van der Waals surface area contributed by atoms with Gasteiger partial charge in [0.25, 0.3) is 0 Å². The van der Waals surface area contributed by atoms with Crippen LogP contribution in [0.5, 0.6) is 0 Å². The van der Waals surface area contributed by atoms with Crippen LogP contribution in [0.15, 0.2) is 30.5 Å². The van der Waals surface area contributed by atoms with Crippen LogP contribution >= 0.6 is 0 Å². The predicted molar refractivity (Wildman–Crippen MR) is 123 cm³/mol. The summed E-state index contributed by atoms with van der Waals surface area (Å²) in [5, 5.41) is 7.92. The Morgan fingerprint density at radius 1 is 1.25 bits per heavy atom. The number of aromatic amines is 2. The highest BCUT2D eigenvalue weighted by molar-refractivity contribution is 6.07. The van der Waals surface area contributed by atoms with E-state index in [1.165, 1.54) is 0 Å². The first-order chi connectivity index (χ1) is 15.3. The number of aromatic nitrogens is 5. The van der Waals surface area contributed by atoms with E-state index in [4.69, 9.17) is 15.5 Å². The molecule has 9 heteroatoms. The largest absolute Gasteiger partial charge is 0.444 e. The van der Waals surface area contributed by atoms with Gasteiger partial charge >= 0.3 is 6.09 Å². The third-order valence-electron chi connectivity index (χ3n) is 5.74. The van der Waals surface area contributed by atoms with E-state index < -0.39 is 5.60 Å². The Hall–Kier alpha value is -3.62. The smallest absolute Gasteiger partial charge is 0.410 e. The molecule has 3 aromatic heterocycles. The minimum atomic E-state index is -0.516. The number of fused-ring (bicyclic) bond motifs is 3. The van der Waals surface area contributed by atoms with Crippen LogP contribution in [0.2, 0.25) is 0 Å². The molecule has 1 aliphatic heterocycles. The lowest BCUT2D eigenvalue weighted by molar-refractivity contribution is 0.0196. The van der Waals surface area contributed by atoms with Crippen molar-refractivity contribution in [2.24, 2.45) is 0 Å². The number of H-pyrrole nitrogens is 2. The first-order valence-corrected chi connectivity index (χ1v) is 10.8. The number of amides is 1. The average molecular weight is 434 g/mol. The molecule has 166 valence electrons. The quantitative estimate of drug-likeness (QED) is 0.435. The van der Waals surface area contributed by atoms with Crippen molar-refractivity contribution in [3.63, 3.8) is 0 Å². The highest BCUT2D eigenvalue weighted by atomic mass is 16.6. The monoisotopic (exact) mass is 433 g/mol. The normalized spacial score (nSPS) is 17.2. The number of imidazole rings is 1. The minimum Gasteiger partial charge on any atom is -0.444 e. The molecule has 1 atom stereocenters. The third-order valence-corrected chi connectivity index (χ3v) is 5.74. The van der Waals surface area contributed by atoms with Crippen LogP contribution in [-0.4, -0.2) is 54.8 Å². The van der Waals surface area contributed by atoms with E-state index in [2.05, 4.69) is 20.2 Å². The van der Waals surface area contributed by atoms with Crippen molar-refractivity contribution in [1.29, 1.82) is 0 Å². The van der Waals surface area contributed by atoms with Crippen LogP contribution in [0.4, 0.5) is 10.6 Å². The van der Waals surface area contributed by atoms with Crippen molar-refractivity contribution >= 4 is 33.8 Å². The number of pyridine rings is 1. The zero-order valence-corrected chi connectivity index (χ0v) is 18.5. The molecule has 5 rings (SSSR count). The van der Waals surface area contributed by atoms with Gasteiger partial charge in [0.15, 0.2) is 0 Å². The van der Waals surface area contributed by atoms with E-state index in [0.29, 0.717) is 18.9 Å². The SMILES string of the molecule is CC(C)(C)OC(=O)N1CCC[C@H](c2nc3c([nH]2)c(N)nc2cc(-c4ccn[nH]4)ccc23)C1. The summed E-state index contributed by atoms with van der Waals surface area (Å²) in [6, 6.07) is 7.93.